The summed E-state index contributed by atoms with van der Waals surface area (Å²) in [6, 6.07) is 0. The molecule has 0 fully saturated rings. The van der Waals surface area contributed by atoms with Crippen molar-refractivity contribution in [1.29, 1.82) is 0 Å². The number of hydrogen-bond donors (Lipinski definition) is 3. The Morgan fingerprint density at radius 3 is 3.00 bits per heavy atom. The average Bonchev–Trinajstić information content (AvgIpc) is 1.94. The molecule has 0 radical (unpaired) electrons. The van der Waals surface area contributed by atoms with Crippen LogP contribution in [-0.4, -0.2) is 17.0 Å². The lowest BCUT2D eigenvalue weighted by Gasteiger charge is -1.99. The van der Waals surface area contributed by atoms with E-state index in [2.05, 4.69) is 27.9 Å². The van der Waals surface area contributed by atoms with Crippen LogP contribution in [0.2, 0.25) is 0 Å². The lowest BCUT2D eigenvalue weighted by molar-refractivity contribution is 1.03. The summed E-state index contributed by atoms with van der Waals surface area (Å²) in [5, 5.41) is 2.76. The van der Waals surface area contributed by atoms with Crippen LogP contribution < -0.4 is 11.0 Å². The quantitative estimate of drug-likeness (QED) is 0.507. The zero-order valence-electron chi connectivity index (χ0n) is 5.38. The predicted octanol–water partition coefficient (Wildman–Crippen LogP) is 0.100. The molecule has 10 heavy (non-hydrogen) atoms. The molecule has 0 unspecified atom stereocenters. The van der Waals surface area contributed by atoms with Gasteiger partial charge in [0.15, 0.2) is 0 Å². The summed E-state index contributed by atoms with van der Waals surface area (Å²) in [6.07, 6.45) is 1.40. The van der Waals surface area contributed by atoms with Crippen molar-refractivity contribution in [1.82, 2.24) is 9.97 Å². The largest absolute Gasteiger partial charge is 0.374 e. The van der Waals surface area contributed by atoms with Crippen molar-refractivity contribution in [2.24, 2.45) is 0 Å². The molecule has 0 saturated carbocycles. The van der Waals surface area contributed by atoms with Gasteiger partial charge >= 0.3 is 5.69 Å². The molecule has 0 aliphatic rings. The molecule has 0 spiro atoms. The summed E-state index contributed by atoms with van der Waals surface area (Å²) in [5.41, 5.74) is -0.373. The third-order valence-electron chi connectivity index (χ3n) is 1.04. The maximum Gasteiger partial charge on any atom is 0.346 e. The van der Waals surface area contributed by atoms with Crippen molar-refractivity contribution >= 4 is 18.4 Å². The van der Waals surface area contributed by atoms with Crippen LogP contribution in [0.15, 0.2) is 15.9 Å². The molecule has 54 valence electrons. The van der Waals surface area contributed by atoms with E-state index in [9.17, 15) is 4.79 Å². The van der Waals surface area contributed by atoms with E-state index in [0.29, 0.717) is 10.7 Å². The van der Waals surface area contributed by atoms with Crippen molar-refractivity contribution in [3.63, 3.8) is 0 Å². The lowest BCUT2D eigenvalue weighted by atomic mass is 10.6. The molecular weight excluding hydrogens is 150 g/mol. The second-order valence-electron chi connectivity index (χ2n) is 1.70. The highest BCUT2D eigenvalue weighted by atomic mass is 32.1. The van der Waals surface area contributed by atoms with E-state index in [1.807, 2.05) is 0 Å². The van der Waals surface area contributed by atoms with Gasteiger partial charge in [0.1, 0.15) is 5.82 Å². The van der Waals surface area contributed by atoms with Crippen LogP contribution in [-0.2, 0) is 0 Å². The van der Waals surface area contributed by atoms with E-state index in [4.69, 9.17) is 0 Å². The Hall–Kier alpha value is -0.970. The summed E-state index contributed by atoms with van der Waals surface area (Å²) < 4.78 is 0. The zero-order chi connectivity index (χ0) is 7.56. The molecular formula is C5H7N3OS. The topological polar surface area (TPSA) is 57.8 Å². The van der Waals surface area contributed by atoms with Gasteiger partial charge in [-0.1, -0.05) is 0 Å². The van der Waals surface area contributed by atoms with Gasteiger partial charge in [0, 0.05) is 13.2 Å². The Balaban J connectivity index is 3.22. The van der Waals surface area contributed by atoms with Crippen molar-refractivity contribution in [3.8, 4) is 0 Å². The highest BCUT2D eigenvalue weighted by Gasteiger charge is 1.95. The molecule has 0 aliphatic heterocycles. The van der Waals surface area contributed by atoms with Gasteiger partial charge in [0.25, 0.3) is 0 Å². The van der Waals surface area contributed by atoms with Crippen LogP contribution in [0.1, 0.15) is 0 Å². The van der Waals surface area contributed by atoms with Crippen molar-refractivity contribution in [2.45, 2.75) is 4.90 Å². The van der Waals surface area contributed by atoms with Crippen molar-refractivity contribution in [2.75, 3.05) is 12.4 Å². The van der Waals surface area contributed by atoms with Gasteiger partial charge in [-0.25, -0.2) is 9.78 Å². The highest BCUT2D eigenvalue weighted by molar-refractivity contribution is 7.80. The van der Waals surface area contributed by atoms with E-state index in [-0.39, 0.29) is 5.69 Å². The van der Waals surface area contributed by atoms with Gasteiger partial charge in [0.05, 0.1) is 4.90 Å². The molecule has 0 atom stereocenters. The highest BCUT2D eigenvalue weighted by Crippen LogP contribution is 2.10. The molecule has 0 amide bonds. The number of rotatable bonds is 1. The third kappa shape index (κ3) is 1.30. The summed E-state index contributed by atoms with van der Waals surface area (Å²) in [7, 11) is 1.70. The van der Waals surface area contributed by atoms with Crippen LogP contribution in [0.3, 0.4) is 0 Å². The van der Waals surface area contributed by atoms with E-state index in [1.54, 1.807) is 7.05 Å². The maximum atomic E-state index is 10.6. The Bertz CT molecular complexity index is 282. The van der Waals surface area contributed by atoms with E-state index in [0.717, 1.165) is 0 Å². The number of H-pyrrole nitrogens is 1. The Labute approximate surface area is 63.1 Å². The van der Waals surface area contributed by atoms with E-state index < -0.39 is 0 Å². The minimum atomic E-state index is -0.373. The zero-order valence-corrected chi connectivity index (χ0v) is 6.27. The van der Waals surface area contributed by atoms with Gasteiger partial charge in [-0.15, -0.1) is 12.6 Å². The number of hydrogen-bond acceptors (Lipinski definition) is 4. The molecule has 4 nitrogen and oxygen atoms in total. The first-order valence-corrected chi connectivity index (χ1v) is 3.15. The van der Waals surface area contributed by atoms with E-state index in [1.165, 1.54) is 6.20 Å². The molecule has 2 N–H and O–H groups in total. The van der Waals surface area contributed by atoms with Gasteiger partial charge < -0.3 is 5.32 Å². The number of aromatic amines is 1. The summed E-state index contributed by atoms with van der Waals surface area (Å²) in [6.45, 7) is 0. The first-order valence-electron chi connectivity index (χ1n) is 2.70. The SMILES string of the molecule is CNc1[nH]c(=O)ncc1S. The number of nitrogens with zero attached hydrogens (tertiary/aromatic N) is 1. The Morgan fingerprint density at radius 2 is 2.50 bits per heavy atom. The minimum absolute atomic E-state index is 0.373. The normalized spacial score (nSPS) is 9.40. The number of anilines is 1. The molecule has 0 aromatic carbocycles. The second-order valence-corrected chi connectivity index (χ2v) is 2.18. The van der Waals surface area contributed by atoms with E-state index >= 15 is 0 Å². The van der Waals surface area contributed by atoms with Crippen LogP contribution in [0.4, 0.5) is 5.82 Å². The number of thiol groups is 1. The summed E-state index contributed by atoms with van der Waals surface area (Å²) >= 11 is 4.03. The Kier molecular flexibility index (Phi) is 1.96. The standard InChI is InChI=1S/C5H7N3OS/c1-6-4-3(10)2-7-5(9)8-4/h2,10H,1H3,(H2,6,7,8,9). The maximum absolute atomic E-state index is 10.6. The first-order chi connectivity index (χ1) is 4.74. The average molecular weight is 157 g/mol. The van der Waals surface area contributed by atoms with Gasteiger partial charge in [-0.3, -0.25) is 4.98 Å². The summed E-state index contributed by atoms with van der Waals surface area (Å²) in [5.74, 6) is 0.586. The minimum Gasteiger partial charge on any atom is -0.374 e. The Morgan fingerprint density at radius 1 is 1.80 bits per heavy atom. The predicted molar refractivity (Wildman–Crippen MR) is 41.7 cm³/mol. The molecule has 1 aromatic rings. The van der Waals surface area contributed by atoms with Gasteiger partial charge in [-0.05, 0) is 0 Å². The molecule has 1 rings (SSSR count). The van der Waals surface area contributed by atoms with Crippen LogP contribution in [0.5, 0.6) is 0 Å². The molecule has 5 heteroatoms. The fraction of sp³-hybridized carbons (Fsp3) is 0.200. The second kappa shape index (κ2) is 2.74. The molecule has 1 aromatic heterocycles. The number of aromatic nitrogens is 2. The molecule has 0 aliphatic carbocycles. The van der Waals surface area contributed by atoms with Crippen molar-refractivity contribution < 1.29 is 0 Å². The first kappa shape index (κ1) is 7.14. The fourth-order valence-electron chi connectivity index (χ4n) is 0.578. The smallest absolute Gasteiger partial charge is 0.346 e. The van der Waals surface area contributed by atoms with Crippen LogP contribution >= 0.6 is 12.6 Å². The van der Waals surface area contributed by atoms with Gasteiger partial charge in [-0.2, -0.15) is 0 Å². The monoisotopic (exact) mass is 157 g/mol. The molecule has 1 heterocycles. The third-order valence-corrected chi connectivity index (χ3v) is 1.38. The van der Waals surface area contributed by atoms with Crippen molar-refractivity contribution in [3.05, 3.63) is 16.7 Å². The van der Waals surface area contributed by atoms with Crippen LogP contribution in [0, 0.1) is 0 Å². The van der Waals surface area contributed by atoms with Gasteiger partial charge in [0.2, 0.25) is 0 Å². The molecule has 0 saturated heterocycles. The fourth-order valence-corrected chi connectivity index (χ4v) is 0.804. The number of nitrogens with one attached hydrogen (secondary N) is 2. The van der Waals surface area contributed by atoms with Crippen LogP contribution in [0.25, 0.3) is 0 Å². The summed E-state index contributed by atoms with van der Waals surface area (Å²) in [4.78, 5) is 17.1. The molecule has 0 bridgehead atoms. The lowest BCUT2D eigenvalue weighted by Crippen LogP contribution is -2.11.